The summed E-state index contributed by atoms with van der Waals surface area (Å²) in [7, 11) is 0. The van der Waals surface area contributed by atoms with Crippen molar-refractivity contribution >= 4 is 72.2 Å². The summed E-state index contributed by atoms with van der Waals surface area (Å²) in [5.41, 5.74) is 2.84. The van der Waals surface area contributed by atoms with E-state index in [9.17, 15) is 0 Å². The molecule has 0 aliphatic rings. The molecule has 0 aliphatic carbocycles. The van der Waals surface area contributed by atoms with E-state index >= 15 is 0 Å². The van der Waals surface area contributed by atoms with Crippen molar-refractivity contribution < 1.29 is 0 Å². The number of nitrogens with one attached hydrogen (secondary N) is 2. The normalized spacial score (nSPS) is 10.2. The van der Waals surface area contributed by atoms with Crippen LogP contribution in [0.15, 0.2) is 45.3 Å². The van der Waals surface area contributed by atoms with E-state index < -0.39 is 0 Å². The van der Waals surface area contributed by atoms with E-state index in [1.165, 1.54) is 5.56 Å². The molecule has 6 heteroatoms. The van der Waals surface area contributed by atoms with Crippen LogP contribution in [0.3, 0.4) is 0 Å². The van der Waals surface area contributed by atoms with E-state index in [4.69, 9.17) is 23.8 Å². The summed E-state index contributed by atoms with van der Waals surface area (Å²) >= 11 is 18.3. The average Bonchev–Trinajstić information content (AvgIpc) is 2.36. The van der Waals surface area contributed by atoms with Crippen molar-refractivity contribution in [2.24, 2.45) is 0 Å². The fourth-order valence-corrected chi connectivity index (χ4v) is 3.12. The van der Waals surface area contributed by atoms with Crippen LogP contribution in [0.4, 0.5) is 11.4 Å². The van der Waals surface area contributed by atoms with Crippen molar-refractivity contribution in [3.05, 3.63) is 55.9 Å². The lowest BCUT2D eigenvalue weighted by molar-refractivity contribution is 1.44. The molecule has 0 heterocycles. The van der Waals surface area contributed by atoms with Crippen LogP contribution in [0.25, 0.3) is 0 Å². The van der Waals surface area contributed by atoms with Crippen LogP contribution in [0.1, 0.15) is 5.56 Å². The fraction of sp³-hybridized carbons (Fsp3) is 0.0714. The summed E-state index contributed by atoms with van der Waals surface area (Å²) in [4.78, 5) is 0. The molecule has 0 aromatic heterocycles. The van der Waals surface area contributed by atoms with Crippen LogP contribution in [-0.4, -0.2) is 5.11 Å². The highest BCUT2D eigenvalue weighted by molar-refractivity contribution is 9.10. The number of hydrogen-bond donors (Lipinski definition) is 2. The van der Waals surface area contributed by atoms with Crippen molar-refractivity contribution in [2.75, 3.05) is 10.6 Å². The lowest BCUT2D eigenvalue weighted by Gasteiger charge is -2.13. The summed E-state index contributed by atoms with van der Waals surface area (Å²) in [6, 6.07) is 11.6. The third-order valence-electron chi connectivity index (χ3n) is 2.55. The van der Waals surface area contributed by atoms with Crippen LogP contribution < -0.4 is 10.6 Å². The summed E-state index contributed by atoms with van der Waals surface area (Å²) < 4.78 is 1.89. The van der Waals surface area contributed by atoms with E-state index in [2.05, 4.69) is 42.5 Å². The second-order valence-corrected chi connectivity index (χ2v) is 6.77. The minimum absolute atomic E-state index is 0.485. The first kappa shape index (κ1) is 15.8. The zero-order chi connectivity index (χ0) is 14.7. The van der Waals surface area contributed by atoms with Crippen LogP contribution in [0, 0.1) is 6.92 Å². The molecule has 20 heavy (non-hydrogen) atoms. The van der Waals surface area contributed by atoms with Crippen LogP contribution >= 0.6 is 55.7 Å². The molecule has 0 spiro atoms. The molecule has 0 fully saturated rings. The molecule has 0 amide bonds. The van der Waals surface area contributed by atoms with Gasteiger partial charge in [-0.3, -0.25) is 0 Å². The van der Waals surface area contributed by atoms with Crippen molar-refractivity contribution in [1.29, 1.82) is 0 Å². The Morgan fingerprint density at radius 2 is 1.70 bits per heavy atom. The Morgan fingerprint density at radius 1 is 1.05 bits per heavy atom. The summed E-state index contributed by atoms with van der Waals surface area (Å²) in [5, 5.41) is 7.29. The predicted octanol–water partition coefficient (Wildman–Crippen LogP) is 5.98. The fourth-order valence-electron chi connectivity index (χ4n) is 1.59. The summed E-state index contributed by atoms with van der Waals surface area (Å²) in [5.74, 6) is 0. The van der Waals surface area contributed by atoms with Gasteiger partial charge in [0.2, 0.25) is 0 Å². The molecule has 2 aromatic carbocycles. The quantitative estimate of drug-likeness (QED) is 0.569. The molecule has 2 N–H and O–H groups in total. The number of benzene rings is 2. The Morgan fingerprint density at radius 3 is 2.35 bits per heavy atom. The second kappa shape index (κ2) is 6.89. The van der Waals surface area contributed by atoms with Gasteiger partial charge in [0.05, 0.1) is 16.4 Å². The largest absolute Gasteiger partial charge is 0.332 e. The third-order valence-corrected chi connectivity index (χ3v) is 4.22. The van der Waals surface area contributed by atoms with Gasteiger partial charge in [-0.05, 0) is 71.0 Å². The van der Waals surface area contributed by atoms with Gasteiger partial charge in [-0.25, -0.2) is 0 Å². The third kappa shape index (κ3) is 4.19. The van der Waals surface area contributed by atoms with E-state index in [0.717, 1.165) is 20.3 Å². The van der Waals surface area contributed by atoms with E-state index in [-0.39, 0.29) is 0 Å². The number of anilines is 2. The summed E-state index contributed by atoms with van der Waals surface area (Å²) in [6.07, 6.45) is 0. The van der Waals surface area contributed by atoms with Gasteiger partial charge in [-0.2, -0.15) is 0 Å². The number of thiocarbonyl (C=S) groups is 1. The Balaban J connectivity index is 2.09. The standard InChI is InChI=1S/C14H11Br2ClN2S/c1-8-2-4-12(10(16)6-8)18-14(20)19-13-5-3-9(15)7-11(13)17/h2-7H,1H3,(H2,18,19,20). The smallest absolute Gasteiger partial charge is 0.175 e. The lowest BCUT2D eigenvalue weighted by Crippen LogP contribution is -2.19. The van der Waals surface area contributed by atoms with Gasteiger partial charge in [0.15, 0.2) is 5.11 Å². The van der Waals surface area contributed by atoms with Crippen LogP contribution in [0.5, 0.6) is 0 Å². The molecule has 0 aliphatic heterocycles. The average molecular weight is 435 g/mol. The molecule has 0 atom stereocenters. The van der Waals surface area contributed by atoms with Crippen molar-refractivity contribution in [1.82, 2.24) is 0 Å². The molecule has 2 aromatic rings. The van der Waals surface area contributed by atoms with Gasteiger partial charge >= 0.3 is 0 Å². The SMILES string of the molecule is Cc1ccc(NC(=S)Nc2ccc(Br)cc2Cl)c(Br)c1. The first-order chi connectivity index (χ1) is 9.45. The van der Waals surface area contributed by atoms with Crippen molar-refractivity contribution in [3.8, 4) is 0 Å². The highest BCUT2D eigenvalue weighted by Crippen LogP contribution is 2.27. The number of hydrogen-bond acceptors (Lipinski definition) is 1. The number of rotatable bonds is 2. The minimum Gasteiger partial charge on any atom is -0.332 e. The summed E-state index contributed by atoms with van der Waals surface area (Å²) in [6.45, 7) is 2.03. The molecule has 2 rings (SSSR count). The number of aryl methyl sites for hydroxylation is 1. The molecule has 0 unspecified atom stereocenters. The molecule has 0 radical (unpaired) electrons. The Bertz CT molecular complexity index is 606. The van der Waals surface area contributed by atoms with E-state index in [1.54, 1.807) is 0 Å². The topological polar surface area (TPSA) is 24.1 Å². The second-order valence-electron chi connectivity index (χ2n) is 4.19. The molecule has 2 nitrogen and oxygen atoms in total. The van der Waals surface area contributed by atoms with Gasteiger partial charge in [0.1, 0.15) is 0 Å². The molecule has 0 saturated carbocycles. The van der Waals surface area contributed by atoms with Gasteiger partial charge in [-0.1, -0.05) is 33.6 Å². The minimum atomic E-state index is 0.485. The van der Waals surface area contributed by atoms with Gasteiger partial charge in [-0.15, -0.1) is 0 Å². The lowest BCUT2D eigenvalue weighted by atomic mass is 10.2. The van der Waals surface area contributed by atoms with E-state index in [1.807, 2.05) is 43.3 Å². The van der Waals surface area contributed by atoms with Gasteiger partial charge in [0.25, 0.3) is 0 Å². The first-order valence-corrected chi connectivity index (χ1v) is 8.12. The highest BCUT2D eigenvalue weighted by Gasteiger charge is 2.05. The first-order valence-electron chi connectivity index (χ1n) is 5.75. The molecular formula is C14H11Br2ClN2S. The zero-order valence-electron chi connectivity index (χ0n) is 10.5. The maximum absolute atomic E-state index is 6.14. The Kier molecular flexibility index (Phi) is 5.43. The maximum Gasteiger partial charge on any atom is 0.175 e. The Labute approximate surface area is 145 Å². The van der Waals surface area contributed by atoms with E-state index in [0.29, 0.717) is 10.1 Å². The molecule has 104 valence electrons. The van der Waals surface area contributed by atoms with Crippen LogP contribution in [0.2, 0.25) is 5.02 Å². The molecular weight excluding hydrogens is 423 g/mol. The monoisotopic (exact) mass is 432 g/mol. The molecule has 0 bridgehead atoms. The number of halogens is 3. The van der Waals surface area contributed by atoms with Crippen molar-refractivity contribution in [3.63, 3.8) is 0 Å². The van der Waals surface area contributed by atoms with Gasteiger partial charge in [0, 0.05) is 8.95 Å². The Hall–Kier alpha value is -0.620. The van der Waals surface area contributed by atoms with Crippen LogP contribution in [-0.2, 0) is 0 Å². The van der Waals surface area contributed by atoms with Gasteiger partial charge < -0.3 is 10.6 Å². The predicted molar refractivity (Wildman–Crippen MR) is 97.9 cm³/mol. The maximum atomic E-state index is 6.14. The molecule has 0 saturated heterocycles. The zero-order valence-corrected chi connectivity index (χ0v) is 15.3. The highest BCUT2D eigenvalue weighted by atomic mass is 79.9. The van der Waals surface area contributed by atoms with Crippen molar-refractivity contribution in [2.45, 2.75) is 6.92 Å².